The topological polar surface area (TPSA) is 147 Å². The van der Waals surface area contributed by atoms with Crippen LogP contribution in [0.3, 0.4) is 0 Å². The van der Waals surface area contributed by atoms with Gasteiger partial charge >= 0.3 is 0 Å². The number of hydrogen-bond acceptors (Lipinski definition) is 10. The summed E-state index contributed by atoms with van der Waals surface area (Å²) in [5.74, 6) is 1.15. The van der Waals surface area contributed by atoms with Crippen molar-refractivity contribution in [3.05, 3.63) is 47.3 Å². The molecule has 0 unspecified atom stereocenters. The number of Topliss-reactive ketones (excluding diaryl/α,β-unsaturated/α-hetero) is 1. The molecule has 1 aliphatic rings. The molecule has 1 saturated carbocycles. The average molecular weight is 551 g/mol. The first-order valence-corrected chi connectivity index (χ1v) is 13.3. The molecule has 1 aliphatic carbocycles. The molecule has 2 heterocycles. The summed E-state index contributed by atoms with van der Waals surface area (Å²) in [6.45, 7) is 1.47. The number of sulfonamides is 1. The van der Waals surface area contributed by atoms with E-state index in [-0.39, 0.29) is 29.9 Å². The van der Waals surface area contributed by atoms with Crippen molar-refractivity contribution >= 4 is 33.4 Å². The molecule has 2 aromatic heterocycles. The molecule has 3 aromatic rings. The SMILES string of the molecule is COc1cccc(OC)c1-n1c(NS(=O)(=O)[C@@H](C)[C@H](OC)c2ncc(Cl)cn2)nnc1[C@@H]1CCC(=O)C1. The maximum atomic E-state index is 13.5. The van der Waals surface area contributed by atoms with Crippen LogP contribution in [0.15, 0.2) is 30.6 Å². The molecule has 37 heavy (non-hydrogen) atoms. The number of benzene rings is 1. The van der Waals surface area contributed by atoms with Crippen molar-refractivity contribution in [2.45, 2.75) is 43.5 Å². The molecule has 0 radical (unpaired) electrons. The van der Waals surface area contributed by atoms with E-state index in [1.54, 1.807) is 18.2 Å². The number of rotatable bonds is 10. The average Bonchev–Trinajstić information content (AvgIpc) is 3.50. The Labute approximate surface area is 219 Å². The highest BCUT2D eigenvalue weighted by Gasteiger charge is 2.36. The quantitative estimate of drug-likeness (QED) is 0.399. The number of nitrogens with zero attached hydrogens (tertiary/aromatic N) is 5. The van der Waals surface area contributed by atoms with Crippen LogP contribution in [-0.4, -0.2) is 65.5 Å². The number of methoxy groups -OCH3 is 3. The van der Waals surface area contributed by atoms with Crippen molar-refractivity contribution in [2.24, 2.45) is 0 Å². The van der Waals surface area contributed by atoms with Gasteiger partial charge in [0, 0.05) is 38.3 Å². The first-order valence-electron chi connectivity index (χ1n) is 11.4. The number of hydrogen-bond donors (Lipinski definition) is 1. The number of halogens is 1. The van der Waals surface area contributed by atoms with Crippen LogP contribution < -0.4 is 14.2 Å². The Morgan fingerprint density at radius 1 is 1.11 bits per heavy atom. The molecule has 1 fully saturated rings. The van der Waals surface area contributed by atoms with Crippen molar-refractivity contribution in [1.82, 2.24) is 24.7 Å². The molecule has 4 rings (SSSR count). The second-order valence-electron chi connectivity index (χ2n) is 8.47. The molecule has 0 amide bonds. The number of carbonyl (C=O) groups is 1. The van der Waals surface area contributed by atoms with Gasteiger partial charge in [-0.25, -0.2) is 18.4 Å². The zero-order chi connectivity index (χ0) is 26.7. The van der Waals surface area contributed by atoms with Crippen LogP contribution >= 0.6 is 11.6 Å². The summed E-state index contributed by atoms with van der Waals surface area (Å²) >= 11 is 5.87. The Kier molecular flexibility index (Phi) is 7.95. The van der Waals surface area contributed by atoms with Gasteiger partial charge in [-0.15, -0.1) is 10.2 Å². The minimum atomic E-state index is -4.13. The van der Waals surface area contributed by atoms with E-state index < -0.39 is 21.4 Å². The van der Waals surface area contributed by atoms with Crippen molar-refractivity contribution < 1.29 is 27.4 Å². The minimum Gasteiger partial charge on any atom is -0.494 e. The minimum absolute atomic E-state index is 0.0872. The number of anilines is 1. The molecule has 0 spiro atoms. The van der Waals surface area contributed by atoms with Gasteiger partial charge in [0.2, 0.25) is 16.0 Å². The number of ether oxygens (including phenoxy) is 3. The van der Waals surface area contributed by atoms with Crippen molar-refractivity contribution in [3.63, 3.8) is 0 Å². The third-order valence-electron chi connectivity index (χ3n) is 6.22. The molecular formula is C23H27ClN6O6S. The van der Waals surface area contributed by atoms with Gasteiger partial charge in [0.15, 0.2) is 5.82 Å². The maximum absolute atomic E-state index is 13.5. The van der Waals surface area contributed by atoms with Crippen LogP contribution in [0.4, 0.5) is 5.95 Å². The molecule has 3 atom stereocenters. The maximum Gasteiger partial charge on any atom is 0.243 e. The van der Waals surface area contributed by atoms with Crippen molar-refractivity contribution in [1.29, 1.82) is 0 Å². The molecular weight excluding hydrogens is 524 g/mol. The van der Waals surface area contributed by atoms with Gasteiger partial charge in [0.1, 0.15) is 40.1 Å². The highest BCUT2D eigenvalue weighted by molar-refractivity contribution is 7.93. The zero-order valence-electron chi connectivity index (χ0n) is 20.7. The number of carbonyl (C=O) groups excluding carboxylic acids is 1. The fraction of sp³-hybridized carbons (Fsp3) is 0.435. The van der Waals surface area contributed by atoms with E-state index in [1.807, 2.05) is 0 Å². The van der Waals surface area contributed by atoms with E-state index in [4.69, 9.17) is 25.8 Å². The molecule has 0 saturated heterocycles. The number of ketones is 1. The summed E-state index contributed by atoms with van der Waals surface area (Å²) in [4.78, 5) is 20.3. The van der Waals surface area contributed by atoms with Gasteiger partial charge < -0.3 is 14.2 Å². The van der Waals surface area contributed by atoms with Gasteiger partial charge in [-0.05, 0) is 25.5 Å². The monoisotopic (exact) mass is 550 g/mol. The first-order chi connectivity index (χ1) is 17.7. The molecule has 0 aliphatic heterocycles. The number of para-hydroxylation sites is 1. The summed E-state index contributed by atoms with van der Waals surface area (Å²) in [7, 11) is 0.211. The summed E-state index contributed by atoms with van der Waals surface area (Å²) in [5, 5.41) is 7.62. The van der Waals surface area contributed by atoms with Gasteiger partial charge in [-0.3, -0.25) is 14.1 Å². The van der Waals surface area contributed by atoms with E-state index in [9.17, 15) is 13.2 Å². The van der Waals surface area contributed by atoms with Gasteiger partial charge in [-0.2, -0.15) is 0 Å². The fourth-order valence-corrected chi connectivity index (χ4v) is 5.52. The van der Waals surface area contributed by atoms with Crippen molar-refractivity contribution in [3.8, 4) is 17.2 Å². The lowest BCUT2D eigenvalue weighted by Gasteiger charge is -2.23. The Bertz CT molecular complexity index is 1360. The van der Waals surface area contributed by atoms with Gasteiger partial charge in [-0.1, -0.05) is 17.7 Å². The molecule has 14 heteroatoms. The molecule has 198 valence electrons. The molecule has 1 N–H and O–H groups in total. The fourth-order valence-electron chi connectivity index (χ4n) is 4.29. The van der Waals surface area contributed by atoms with Crippen LogP contribution in [-0.2, 0) is 19.6 Å². The standard InChI is InChI=1S/C23H27ClN6O6S/c1-13(20(36-4)21-25-11-15(24)12-26-21)37(32,33)29-23-28-27-22(14-8-9-16(31)10-14)30(23)19-17(34-2)6-5-7-18(19)35-3/h5-7,11-14,20H,8-10H2,1-4H3,(H,28,29)/t13-,14+,20-/m0/s1. The van der Waals surface area contributed by atoms with E-state index in [0.717, 1.165) is 0 Å². The summed E-state index contributed by atoms with van der Waals surface area (Å²) in [6, 6.07) is 5.16. The van der Waals surface area contributed by atoms with Crippen LogP contribution in [0, 0.1) is 0 Å². The number of nitrogens with one attached hydrogen (secondary N) is 1. The van der Waals surface area contributed by atoms with Crippen LogP contribution in [0.25, 0.3) is 5.69 Å². The van der Waals surface area contributed by atoms with Crippen LogP contribution in [0.2, 0.25) is 5.02 Å². The lowest BCUT2D eigenvalue weighted by Crippen LogP contribution is -2.33. The van der Waals surface area contributed by atoms with Gasteiger partial charge in [0.25, 0.3) is 0 Å². The molecule has 12 nitrogen and oxygen atoms in total. The van der Waals surface area contributed by atoms with E-state index >= 15 is 0 Å². The third-order valence-corrected chi connectivity index (χ3v) is 8.11. The smallest absolute Gasteiger partial charge is 0.243 e. The number of aromatic nitrogens is 5. The summed E-state index contributed by atoms with van der Waals surface area (Å²) in [6.07, 6.45) is 2.98. The Balaban J connectivity index is 1.79. The zero-order valence-corrected chi connectivity index (χ0v) is 22.3. The lowest BCUT2D eigenvalue weighted by molar-refractivity contribution is -0.117. The normalized spacial score (nSPS) is 17.4. The van der Waals surface area contributed by atoms with E-state index in [1.165, 1.54) is 45.2 Å². The Hall–Kier alpha value is -3.29. The van der Waals surface area contributed by atoms with Crippen LogP contribution in [0.5, 0.6) is 11.5 Å². The Morgan fingerprint density at radius 3 is 2.30 bits per heavy atom. The summed E-state index contributed by atoms with van der Waals surface area (Å²) in [5.41, 5.74) is 0.404. The largest absolute Gasteiger partial charge is 0.494 e. The predicted molar refractivity (Wildman–Crippen MR) is 135 cm³/mol. The van der Waals surface area contributed by atoms with Crippen LogP contribution in [0.1, 0.15) is 49.9 Å². The Morgan fingerprint density at radius 2 is 1.76 bits per heavy atom. The second-order valence-corrected chi connectivity index (χ2v) is 10.9. The second kappa shape index (κ2) is 11.0. The molecule has 0 bridgehead atoms. The lowest BCUT2D eigenvalue weighted by atomic mass is 10.1. The molecule has 1 aromatic carbocycles. The van der Waals surface area contributed by atoms with Gasteiger partial charge in [0.05, 0.1) is 19.2 Å². The van der Waals surface area contributed by atoms with Crippen molar-refractivity contribution in [2.75, 3.05) is 26.1 Å². The highest BCUT2D eigenvalue weighted by Crippen LogP contribution is 2.40. The first kappa shape index (κ1) is 26.8. The predicted octanol–water partition coefficient (Wildman–Crippen LogP) is 3.08. The highest BCUT2D eigenvalue weighted by atomic mass is 35.5. The van der Waals surface area contributed by atoms with E-state index in [0.29, 0.717) is 40.9 Å². The third kappa shape index (κ3) is 5.38. The van der Waals surface area contributed by atoms with E-state index in [2.05, 4.69) is 24.9 Å². The summed E-state index contributed by atoms with van der Waals surface area (Å²) < 4.78 is 47.7.